The third-order valence-electron chi connectivity index (χ3n) is 6.51. The smallest absolute Gasteiger partial charge is 0.161 e. The molecule has 0 fully saturated rings. The number of carbonyl (C=O) groups excluding carboxylic acids is 1. The van der Waals surface area contributed by atoms with Crippen molar-refractivity contribution in [2.24, 2.45) is 0 Å². The van der Waals surface area contributed by atoms with Gasteiger partial charge in [0.1, 0.15) is 49.6 Å². The van der Waals surface area contributed by atoms with Gasteiger partial charge in [-0.05, 0) is 72.0 Å². The lowest BCUT2D eigenvalue weighted by atomic mass is 9.96. The van der Waals surface area contributed by atoms with E-state index in [0.29, 0.717) is 30.8 Å². The SMILES string of the molecule is Cc1cc(C=O)c(OCc2ccc(F)cc2F)cc1OCc1cccc(-c2ccc3c(c2)OCCO3)c1C. The summed E-state index contributed by atoms with van der Waals surface area (Å²) in [6.45, 7) is 5.07. The Hall–Kier alpha value is -4.39. The molecule has 4 aromatic carbocycles. The van der Waals surface area contributed by atoms with E-state index in [1.807, 2.05) is 44.2 Å². The average molecular weight is 517 g/mol. The summed E-state index contributed by atoms with van der Waals surface area (Å²) in [7, 11) is 0. The van der Waals surface area contributed by atoms with Crippen LogP contribution in [-0.2, 0) is 13.2 Å². The molecule has 4 aromatic rings. The molecule has 38 heavy (non-hydrogen) atoms. The van der Waals surface area contributed by atoms with Gasteiger partial charge in [-0.25, -0.2) is 8.78 Å². The maximum Gasteiger partial charge on any atom is 0.161 e. The van der Waals surface area contributed by atoms with Crippen molar-refractivity contribution < 1.29 is 32.5 Å². The lowest BCUT2D eigenvalue weighted by Crippen LogP contribution is -2.15. The van der Waals surface area contributed by atoms with E-state index in [4.69, 9.17) is 18.9 Å². The van der Waals surface area contributed by atoms with Crippen molar-refractivity contribution in [1.82, 2.24) is 0 Å². The van der Waals surface area contributed by atoms with Crippen LogP contribution in [0.2, 0.25) is 0 Å². The van der Waals surface area contributed by atoms with Gasteiger partial charge < -0.3 is 18.9 Å². The van der Waals surface area contributed by atoms with Gasteiger partial charge in [0.15, 0.2) is 17.8 Å². The number of aldehydes is 1. The first kappa shape index (κ1) is 25.3. The van der Waals surface area contributed by atoms with Crippen molar-refractivity contribution in [3.05, 3.63) is 106 Å². The lowest BCUT2D eigenvalue weighted by molar-refractivity contribution is 0.111. The summed E-state index contributed by atoms with van der Waals surface area (Å²) in [6, 6.07) is 18.5. The van der Waals surface area contributed by atoms with E-state index >= 15 is 0 Å². The molecule has 0 amide bonds. The highest BCUT2D eigenvalue weighted by Gasteiger charge is 2.16. The summed E-state index contributed by atoms with van der Waals surface area (Å²) in [5.41, 5.74) is 5.38. The van der Waals surface area contributed by atoms with Gasteiger partial charge in [0.2, 0.25) is 0 Å². The normalized spacial score (nSPS) is 12.2. The minimum Gasteiger partial charge on any atom is -0.488 e. The van der Waals surface area contributed by atoms with E-state index in [1.165, 1.54) is 6.07 Å². The zero-order chi connectivity index (χ0) is 26.6. The molecule has 1 aliphatic heterocycles. The molecule has 0 saturated heterocycles. The number of ether oxygens (including phenoxy) is 4. The second kappa shape index (κ2) is 10.9. The molecule has 0 unspecified atom stereocenters. The van der Waals surface area contributed by atoms with Crippen molar-refractivity contribution in [2.45, 2.75) is 27.1 Å². The van der Waals surface area contributed by atoms with Gasteiger partial charge in [0, 0.05) is 17.7 Å². The lowest BCUT2D eigenvalue weighted by Gasteiger charge is -2.20. The predicted molar refractivity (Wildman–Crippen MR) is 139 cm³/mol. The predicted octanol–water partition coefficient (Wildman–Crippen LogP) is 6.99. The molecule has 0 saturated carbocycles. The molecular weight excluding hydrogens is 490 g/mol. The van der Waals surface area contributed by atoms with Crippen LogP contribution >= 0.6 is 0 Å². The first-order valence-corrected chi connectivity index (χ1v) is 12.2. The second-order valence-corrected chi connectivity index (χ2v) is 9.03. The Morgan fingerprint density at radius 2 is 1.58 bits per heavy atom. The fraction of sp³-hybridized carbons (Fsp3) is 0.194. The summed E-state index contributed by atoms with van der Waals surface area (Å²) in [4.78, 5) is 11.6. The van der Waals surface area contributed by atoms with Gasteiger partial charge in [-0.15, -0.1) is 0 Å². The van der Waals surface area contributed by atoms with Crippen LogP contribution in [-0.4, -0.2) is 19.5 Å². The molecule has 0 radical (unpaired) electrons. The van der Waals surface area contributed by atoms with Crippen LogP contribution in [0.5, 0.6) is 23.0 Å². The van der Waals surface area contributed by atoms with Gasteiger partial charge in [-0.2, -0.15) is 0 Å². The molecule has 0 atom stereocenters. The molecule has 0 bridgehead atoms. The average Bonchev–Trinajstić information content (AvgIpc) is 2.92. The molecule has 0 N–H and O–H groups in total. The molecular formula is C31H26F2O5. The number of benzene rings is 4. The van der Waals surface area contributed by atoms with Gasteiger partial charge >= 0.3 is 0 Å². The van der Waals surface area contributed by atoms with E-state index < -0.39 is 11.6 Å². The van der Waals surface area contributed by atoms with Crippen molar-refractivity contribution in [3.8, 4) is 34.1 Å². The summed E-state index contributed by atoms with van der Waals surface area (Å²) in [6.07, 6.45) is 0.675. The van der Waals surface area contributed by atoms with Crippen molar-refractivity contribution in [1.29, 1.82) is 0 Å². The number of hydrogen-bond donors (Lipinski definition) is 0. The third-order valence-corrected chi connectivity index (χ3v) is 6.51. The van der Waals surface area contributed by atoms with Crippen LogP contribution < -0.4 is 18.9 Å². The highest BCUT2D eigenvalue weighted by molar-refractivity contribution is 5.80. The van der Waals surface area contributed by atoms with Gasteiger partial charge in [0.25, 0.3) is 0 Å². The maximum atomic E-state index is 14.0. The van der Waals surface area contributed by atoms with Crippen LogP contribution in [0.1, 0.15) is 32.6 Å². The Labute approximate surface area is 219 Å². The summed E-state index contributed by atoms with van der Waals surface area (Å²) in [5, 5.41) is 0. The Bertz CT molecular complexity index is 1500. The molecule has 5 nitrogen and oxygen atoms in total. The molecule has 1 heterocycles. The Morgan fingerprint density at radius 3 is 2.37 bits per heavy atom. The Balaban J connectivity index is 1.35. The van der Waals surface area contributed by atoms with Crippen LogP contribution in [0.4, 0.5) is 8.78 Å². The molecule has 1 aliphatic rings. The number of rotatable bonds is 8. The molecule has 0 aromatic heterocycles. The molecule has 7 heteroatoms. The number of carbonyl (C=O) groups is 1. The number of halogens is 2. The molecule has 5 rings (SSSR count). The standard InChI is InChI=1S/C31H26F2O5/c1-19-12-24(16-34)30(38-18-23-6-8-25(32)14-27(23)33)15-29(19)37-17-22-4-3-5-26(20(22)2)21-7-9-28-31(13-21)36-11-10-35-28/h3-9,12-16H,10-11,17-18H2,1-2H3. The van der Waals surface area contributed by atoms with E-state index in [1.54, 1.807) is 12.1 Å². The topological polar surface area (TPSA) is 54.0 Å². The minimum atomic E-state index is -0.713. The van der Waals surface area contributed by atoms with Crippen molar-refractivity contribution in [2.75, 3.05) is 13.2 Å². The van der Waals surface area contributed by atoms with Crippen LogP contribution in [0, 0.1) is 25.5 Å². The summed E-state index contributed by atoms with van der Waals surface area (Å²) >= 11 is 0. The first-order valence-electron chi connectivity index (χ1n) is 12.2. The highest BCUT2D eigenvalue weighted by atomic mass is 19.1. The molecule has 0 spiro atoms. The van der Waals surface area contributed by atoms with E-state index in [9.17, 15) is 13.6 Å². The van der Waals surface area contributed by atoms with E-state index in [0.717, 1.165) is 51.4 Å². The van der Waals surface area contributed by atoms with Crippen LogP contribution in [0.25, 0.3) is 11.1 Å². The zero-order valence-corrected chi connectivity index (χ0v) is 21.1. The van der Waals surface area contributed by atoms with E-state index in [-0.39, 0.29) is 24.5 Å². The number of hydrogen-bond acceptors (Lipinski definition) is 5. The van der Waals surface area contributed by atoms with Crippen LogP contribution in [0.3, 0.4) is 0 Å². The summed E-state index contributed by atoms with van der Waals surface area (Å²) in [5.74, 6) is 0.884. The Kier molecular flexibility index (Phi) is 7.26. The fourth-order valence-corrected chi connectivity index (χ4v) is 4.38. The largest absolute Gasteiger partial charge is 0.488 e. The van der Waals surface area contributed by atoms with Crippen LogP contribution in [0.15, 0.2) is 66.7 Å². The zero-order valence-electron chi connectivity index (χ0n) is 21.1. The number of fused-ring (bicyclic) bond motifs is 1. The van der Waals surface area contributed by atoms with Crippen molar-refractivity contribution in [3.63, 3.8) is 0 Å². The van der Waals surface area contributed by atoms with Gasteiger partial charge in [-0.3, -0.25) is 4.79 Å². The quantitative estimate of drug-likeness (QED) is 0.236. The monoisotopic (exact) mass is 516 g/mol. The molecule has 0 aliphatic carbocycles. The summed E-state index contributed by atoms with van der Waals surface area (Å²) < 4.78 is 50.5. The first-order chi connectivity index (χ1) is 18.4. The van der Waals surface area contributed by atoms with Gasteiger partial charge in [0.05, 0.1) is 5.56 Å². The van der Waals surface area contributed by atoms with E-state index in [2.05, 4.69) is 6.07 Å². The van der Waals surface area contributed by atoms with Crippen molar-refractivity contribution >= 4 is 6.29 Å². The molecule has 194 valence electrons. The second-order valence-electron chi connectivity index (χ2n) is 9.03. The van der Waals surface area contributed by atoms with Gasteiger partial charge in [-0.1, -0.05) is 24.3 Å². The number of aryl methyl sites for hydroxylation is 1. The Morgan fingerprint density at radius 1 is 0.816 bits per heavy atom. The maximum absolute atomic E-state index is 14.0. The fourth-order valence-electron chi connectivity index (χ4n) is 4.38. The highest BCUT2D eigenvalue weighted by Crippen LogP contribution is 2.36. The minimum absolute atomic E-state index is 0.161. The third kappa shape index (κ3) is 5.32.